The van der Waals surface area contributed by atoms with Crippen molar-refractivity contribution in [3.8, 4) is 28.6 Å². The molecule has 3 aromatic carbocycles. The maximum atomic E-state index is 10.8. The molecule has 0 aliphatic heterocycles. The minimum Gasteiger partial charge on any atom is -0.494 e. The summed E-state index contributed by atoms with van der Waals surface area (Å²) in [7, 11) is 0. The lowest BCUT2D eigenvalue weighted by molar-refractivity contribution is 0.430. The Bertz CT molecular complexity index is 1330. The molecule has 0 atom stereocenters. The number of aromatic nitrogens is 3. The molecule has 5 rings (SSSR count). The van der Waals surface area contributed by atoms with E-state index in [4.69, 9.17) is 16.3 Å². The largest absolute Gasteiger partial charge is 0.494 e. The van der Waals surface area contributed by atoms with Crippen molar-refractivity contribution in [1.82, 2.24) is 14.5 Å². The second-order valence-electron chi connectivity index (χ2n) is 7.15. The van der Waals surface area contributed by atoms with Crippen LogP contribution >= 0.6 is 11.6 Å². The highest BCUT2D eigenvalue weighted by molar-refractivity contribution is 6.36. The van der Waals surface area contributed by atoms with E-state index in [9.17, 15) is 5.11 Å². The minimum absolute atomic E-state index is 0.135. The molecule has 0 spiro atoms. The van der Waals surface area contributed by atoms with Gasteiger partial charge in [0.25, 0.3) is 0 Å². The lowest BCUT2D eigenvalue weighted by Gasteiger charge is -2.08. The third-order valence-electron chi connectivity index (χ3n) is 5.03. The summed E-state index contributed by atoms with van der Waals surface area (Å²) >= 11 is 6.49. The zero-order valence-electron chi connectivity index (χ0n) is 16.4. The van der Waals surface area contributed by atoms with Gasteiger partial charge in [0, 0.05) is 29.5 Å². The lowest BCUT2D eigenvalue weighted by Crippen LogP contribution is -1.97. The molecule has 2 heterocycles. The van der Waals surface area contributed by atoms with Crippen LogP contribution in [0.15, 0.2) is 91.5 Å². The van der Waals surface area contributed by atoms with Gasteiger partial charge in [0.2, 0.25) is 5.88 Å². The Hall–Kier alpha value is -3.83. The fourth-order valence-electron chi connectivity index (χ4n) is 3.54. The Balaban J connectivity index is 1.41. The smallest absolute Gasteiger partial charge is 0.200 e. The zero-order valence-corrected chi connectivity index (χ0v) is 17.2. The minimum atomic E-state index is 0.135. The molecule has 0 aliphatic rings. The van der Waals surface area contributed by atoms with E-state index in [0.29, 0.717) is 17.0 Å². The average molecular weight is 428 g/mol. The number of hydrogen-bond acceptors (Lipinski definition) is 4. The van der Waals surface area contributed by atoms with Crippen LogP contribution in [0.5, 0.6) is 17.4 Å². The normalized spacial score (nSPS) is 11.0. The number of rotatable bonds is 5. The van der Waals surface area contributed by atoms with Crippen LogP contribution < -0.4 is 4.74 Å². The lowest BCUT2D eigenvalue weighted by atomic mass is 10.1. The van der Waals surface area contributed by atoms with Gasteiger partial charge in [-0.25, -0.2) is 0 Å². The molecule has 1 N–H and O–H groups in total. The summed E-state index contributed by atoms with van der Waals surface area (Å²) in [6.45, 7) is 0.503. The summed E-state index contributed by atoms with van der Waals surface area (Å²) in [6, 6.07) is 21.2. The molecule has 0 radical (unpaired) electrons. The summed E-state index contributed by atoms with van der Waals surface area (Å²) in [5, 5.41) is 12.7. The number of hydrogen-bond donors (Lipinski definition) is 1. The van der Waals surface area contributed by atoms with Gasteiger partial charge >= 0.3 is 0 Å². The van der Waals surface area contributed by atoms with Crippen LogP contribution in [0.4, 0.5) is 0 Å². The highest BCUT2D eigenvalue weighted by Crippen LogP contribution is 2.37. The van der Waals surface area contributed by atoms with Crippen molar-refractivity contribution in [3.63, 3.8) is 0 Å². The van der Waals surface area contributed by atoms with E-state index in [2.05, 4.69) is 9.97 Å². The molecule has 0 amide bonds. The molecule has 2 aromatic heterocycles. The average Bonchev–Trinajstić information content (AvgIpc) is 3.12. The van der Waals surface area contributed by atoms with Crippen LogP contribution in [0.3, 0.4) is 0 Å². The van der Waals surface area contributed by atoms with Gasteiger partial charge in [0.1, 0.15) is 11.5 Å². The molecule has 152 valence electrons. The van der Waals surface area contributed by atoms with Crippen LogP contribution in [-0.2, 0) is 6.54 Å². The summed E-state index contributed by atoms with van der Waals surface area (Å²) in [5.74, 6) is 1.68. The molecule has 0 saturated carbocycles. The van der Waals surface area contributed by atoms with Crippen LogP contribution in [0.2, 0.25) is 5.02 Å². The van der Waals surface area contributed by atoms with Crippen molar-refractivity contribution >= 4 is 22.4 Å². The fourth-order valence-corrected chi connectivity index (χ4v) is 3.85. The monoisotopic (exact) mass is 427 g/mol. The summed E-state index contributed by atoms with van der Waals surface area (Å²) in [5.41, 5.74) is 2.61. The van der Waals surface area contributed by atoms with Gasteiger partial charge in [-0.3, -0.25) is 9.97 Å². The molecule has 5 nitrogen and oxygen atoms in total. The first-order valence-electron chi connectivity index (χ1n) is 9.77. The van der Waals surface area contributed by atoms with Crippen LogP contribution in [0.25, 0.3) is 22.0 Å². The highest BCUT2D eigenvalue weighted by Gasteiger charge is 2.14. The molecule has 0 aliphatic carbocycles. The molecular weight excluding hydrogens is 410 g/mol. The maximum Gasteiger partial charge on any atom is 0.200 e. The van der Waals surface area contributed by atoms with E-state index in [1.165, 1.54) is 0 Å². The molecule has 0 bridgehead atoms. The van der Waals surface area contributed by atoms with Crippen LogP contribution in [0, 0.1) is 0 Å². The number of benzene rings is 3. The Morgan fingerprint density at radius 1 is 0.935 bits per heavy atom. The molecule has 5 aromatic rings. The van der Waals surface area contributed by atoms with E-state index in [-0.39, 0.29) is 5.88 Å². The van der Waals surface area contributed by atoms with Crippen LogP contribution in [0.1, 0.15) is 5.56 Å². The first-order valence-corrected chi connectivity index (χ1v) is 10.1. The van der Waals surface area contributed by atoms with Gasteiger partial charge in [0.05, 0.1) is 28.8 Å². The van der Waals surface area contributed by atoms with Crippen molar-refractivity contribution in [2.24, 2.45) is 0 Å². The van der Waals surface area contributed by atoms with Crippen molar-refractivity contribution in [2.75, 3.05) is 0 Å². The Labute approximate surface area is 184 Å². The Morgan fingerprint density at radius 3 is 2.45 bits per heavy atom. The number of ether oxygens (including phenoxy) is 1. The molecule has 0 saturated heterocycles. The van der Waals surface area contributed by atoms with E-state index < -0.39 is 0 Å². The van der Waals surface area contributed by atoms with Gasteiger partial charge in [-0.15, -0.1) is 0 Å². The standard InChI is InChI=1S/C25H18ClN3O2/c26-22-13-18(23-14-27-10-11-28-23)12-19-16-29(25(30)24(19)22)15-17-6-8-21(9-7-17)31-20-4-2-1-3-5-20/h1-14,16,30H,15H2. The highest BCUT2D eigenvalue weighted by atomic mass is 35.5. The summed E-state index contributed by atoms with van der Waals surface area (Å²) < 4.78 is 7.62. The third-order valence-corrected chi connectivity index (χ3v) is 5.32. The number of halogens is 1. The maximum absolute atomic E-state index is 10.8. The first kappa shape index (κ1) is 19.2. The summed E-state index contributed by atoms with van der Waals surface area (Å²) in [4.78, 5) is 8.44. The van der Waals surface area contributed by atoms with Gasteiger partial charge in [-0.1, -0.05) is 41.9 Å². The fraction of sp³-hybridized carbons (Fsp3) is 0.0400. The predicted octanol–water partition coefficient (Wildman–Crippen LogP) is 6.30. The quantitative estimate of drug-likeness (QED) is 0.357. The van der Waals surface area contributed by atoms with Crippen LogP contribution in [-0.4, -0.2) is 19.6 Å². The zero-order chi connectivity index (χ0) is 21.2. The van der Waals surface area contributed by atoms with Gasteiger partial charge < -0.3 is 14.4 Å². The molecule has 31 heavy (non-hydrogen) atoms. The molecule has 0 unspecified atom stereocenters. The van der Waals surface area contributed by atoms with Gasteiger partial charge in [-0.2, -0.15) is 0 Å². The first-order chi connectivity index (χ1) is 15.2. The van der Waals surface area contributed by atoms with Gasteiger partial charge in [-0.05, 0) is 42.0 Å². The number of aromatic hydroxyl groups is 1. The van der Waals surface area contributed by atoms with Crippen molar-refractivity contribution < 1.29 is 9.84 Å². The second kappa shape index (κ2) is 8.13. The molecule has 0 fully saturated rings. The second-order valence-corrected chi connectivity index (χ2v) is 7.56. The molecule has 6 heteroatoms. The van der Waals surface area contributed by atoms with E-state index in [1.807, 2.05) is 66.9 Å². The SMILES string of the molecule is Oc1c2c(Cl)cc(-c3cnccn3)cc2cn1Cc1ccc(Oc2ccccc2)cc1. The third kappa shape index (κ3) is 3.96. The van der Waals surface area contributed by atoms with Gasteiger partial charge in [0.15, 0.2) is 0 Å². The van der Waals surface area contributed by atoms with Crippen molar-refractivity contribution in [3.05, 3.63) is 102 Å². The Kier molecular flexibility index (Phi) is 5.02. The topological polar surface area (TPSA) is 60.2 Å². The van der Waals surface area contributed by atoms with Crippen molar-refractivity contribution in [2.45, 2.75) is 6.54 Å². The number of para-hydroxylation sites is 1. The van der Waals surface area contributed by atoms with Crippen molar-refractivity contribution in [1.29, 1.82) is 0 Å². The number of nitrogens with zero attached hydrogens (tertiary/aromatic N) is 3. The number of fused-ring (bicyclic) bond motifs is 1. The van der Waals surface area contributed by atoms with E-state index >= 15 is 0 Å². The predicted molar refractivity (Wildman–Crippen MR) is 122 cm³/mol. The summed E-state index contributed by atoms with van der Waals surface area (Å²) in [6.07, 6.45) is 6.85. The Morgan fingerprint density at radius 2 is 1.71 bits per heavy atom. The van der Waals surface area contributed by atoms with E-state index in [0.717, 1.165) is 33.7 Å². The molecular formula is C25H18ClN3O2. The van der Waals surface area contributed by atoms with E-state index in [1.54, 1.807) is 29.2 Å².